The molecule has 0 amide bonds. The number of rotatable bonds is 0. The summed E-state index contributed by atoms with van der Waals surface area (Å²) < 4.78 is 19.1. The van der Waals surface area contributed by atoms with E-state index in [1.54, 1.807) is 0 Å². The van der Waals surface area contributed by atoms with Gasteiger partial charge in [-0.05, 0) is 6.92 Å². The van der Waals surface area contributed by atoms with E-state index in [0.29, 0.717) is 0 Å². The second-order valence-electron chi connectivity index (χ2n) is 3.61. The Labute approximate surface area is 106 Å². The van der Waals surface area contributed by atoms with Crippen LogP contribution in [0.15, 0.2) is 24.3 Å². The van der Waals surface area contributed by atoms with Gasteiger partial charge in [0, 0.05) is 24.3 Å². The molecule has 2 heterocycles. The number of hydrogen-bond acceptors (Lipinski definition) is 8. The molecular weight excluding hydrogens is 260 g/mol. The smallest absolute Gasteiger partial charge is 0.447 e. The lowest BCUT2D eigenvalue weighted by Crippen LogP contribution is -2.53. The van der Waals surface area contributed by atoms with Gasteiger partial charge < -0.3 is 18.9 Å². The monoisotopic (exact) mass is 268 g/mol. The topological polar surface area (TPSA) is 105 Å². The van der Waals surface area contributed by atoms with Gasteiger partial charge in [-0.2, -0.15) is 0 Å². The zero-order chi connectivity index (χ0) is 14.0. The largest absolute Gasteiger partial charge is 0.463 e. The van der Waals surface area contributed by atoms with Crippen LogP contribution < -0.4 is 0 Å². The molecule has 1 spiro atoms. The molecule has 0 aromatic rings. The molecule has 0 aliphatic carbocycles. The van der Waals surface area contributed by atoms with Crippen LogP contribution in [0.25, 0.3) is 0 Å². The van der Waals surface area contributed by atoms with Crippen LogP contribution in [0, 0.1) is 0 Å². The highest BCUT2D eigenvalue weighted by Crippen LogP contribution is 2.27. The van der Waals surface area contributed by atoms with Crippen molar-refractivity contribution in [1.29, 1.82) is 0 Å². The first-order valence-corrected chi connectivity index (χ1v) is 5.17. The maximum Gasteiger partial charge on any atom is 0.463 e. The van der Waals surface area contributed by atoms with E-state index < -0.39 is 36.0 Å². The maximum atomic E-state index is 11.4. The number of hydrogen-bond donors (Lipinski definition) is 0. The summed E-state index contributed by atoms with van der Waals surface area (Å²) in [4.78, 5) is 45.3. The van der Waals surface area contributed by atoms with E-state index in [2.05, 4.69) is 0 Å². The Kier molecular flexibility index (Phi) is 3.07. The van der Waals surface area contributed by atoms with Crippen molar-refractivity contribution in [3.8, 4) is 0 Å². The molecule has 0 fully saturated rings. The average molecular weight is 268 g/mol. The lowest BCUT2D eigenvalue weighted by Gasteiger charge is -2.33. The van der Waals surface area contributed by atoms with Crippen molar-refractivity contribution in [2.24, 2.45) is 0 Å². The standard InChI is InChI=1S/C11H8O8/c1-6-11(17-8(13)3-2-7(12)16-6)18-9(14)4-5-10(15)19-11/h2-6H,1H3/b3-2-. The maximum absolute atomic E-state index is 11.4. The van der Waals surface area contributed by atoms with Crippen molar-refractivity contribution in [2.45, 2.75) is 19.0 Å². The first-order valence-electron chi connectivity index (χ1n) is 5.17. The zero-order valence-electron chi connectivity index (χ0n) is 9.65. The third-order valence-corrected chi connectivity index (χ3v) is 2.23. The van der Waals surface area contributed by atoms with Crippen molar-refractivity contribution >= 4 is 23.9 Å². The molecule has 100 valence electrons. The van der Waals surface area contributed by atoms with Gasteiger partial charge in [0.15, 0.2) is 0 Å². The SMILES string of the molecule is CC1OC(=O)/C=C\C(=O)OC12OC(=O)C=CC(=O)O2. The van der Waals surface area contributed by atoms with Crippen molar-refractivity contribution in [3.63, 3.8) is 0 Å². The van der Waals surface area contributed by atoms with Crippen LogP contribution in [0.2, 0.25) is 0 Å². The first kappa shape index (κ1) is 12.8. The van der Waals surface area contributed by atoms with Gasteiger partial charge in [0.05, 0.1) is 0 Å². The molecule has 0 saturated carbocycles. The van der Waals surface area contributed by atoms with Crippen LogP contribution in [0.5, 0.6) is 0 Å². The molecule has 8 heteroatoms. The summed E-state index contributed by atoms with van der Waals surface area (Å²) in [5, 5.41) is 0. The molecule has 8 nitrogen and oxygen atoms in total. The summed E-state index contributed by atoms with van der Waals surface area (Å²) in [6.45, 7) is 1.25. The Balaban J connectivity index is 2.40. The fourth-order valence-electron chi connectivity index (χ4n) is 1.39. The van der Waals surface area contributed by atoms with Gasteiger partial charge in [-0.15, -0.1) is 0 Å². The zero-order valence-corrected chi connectivity index (χ0v) is 9.65. The van der Waals surface area contributed by atoms with Crippen molar-refractivity contribution in [1.82, 2.24) is 0 Å². The van der Waals surface area contributed by atoms with Gasteiger partial charge in [-0.1, -0.05) is 0 Å². The molecule has 2 aliphatic rings. The lowest BCUT2D eigenvalue weighted by atomic mass is 10.3. The third-order valence-electron chi connectivity index (χ3n) is 2.23. The third kappa shape index (κ3) is 2.62. The molecule has 0 saturated heterocycles. The molecule has 19 heavy (non-hydrogen) atoms. The summed E-state index contributed by atoms with van der Waals surface area (Å²) in [5.74, 6) is -6.29. The number of cyclic esters (lactones) is 1. The highest BCUT2D eigenvalue weighted by molar-refractivity contribution is 5.95. The fraction of sp³-hybridized carbons (Fsp3) is 0.273. The Hall–Kier alpha value is -2.64. The van der Waals surface area contributed by atoms with Crippen molar-refractivity contribution in [2.75, 3.05) is 0 Å². The molecular formula is C11H8O8. The van der Waals surface area contributed by atoms with Crippen LogP contribution in [0.3, 0.4) is 0 Å². The summed E-state index contributed by atoms with van der Waals surface area (Å²) in [6, 6.07) is 0. The van der Waals surface area contributed by atoms with Gasteiger partial charge in [0.1, 0.15) is 0 Å². The van der Waals surface area contributed by atoms with E-state index in [-0.39, 0.29) is 0 Å². The van der Waals surface area contributed by atoms with Crippen molar-refractivity contribution < 1.29 is 38.1 Å². The highest BCUT2D eigenvalue weighted by Gasteiger charge is 2.52. The van der Waals surface area contributed by atoms with Gasteiger partial charge in [0.2, 0.25) is 6.10 Å². The fourth-order valence-corrected chi connectivity index (χ4v) is 1.39. The minimum Gasteiger partial charge on any atom is -0.447 e. The Bertz CT molecular complexity index is 495. The molecule has 0 N–H and O–H groups in total. The van der Waals surface area contributed by atoms with Crippen LogP contribution in [0.1, 0.15) is 6.92 Å². The van der Waals surface area contributed by atoms with Gasteiger partial charge in [0.25, 0.3) is 0 Å². The molecule has 0 aromatic carbocycles. The second kappa shape index (κ2) is 4.56. The minimum atomic E-state index is -2.44. The van der Waals surface area contributed by atoms with Gasteiger partial charge >= 0.3 is 29.9 Å². The molecule has 1 unspecified atom stereocenters. The van der Waals surface area contributed by atoms with Gasteiger partial charge in [-0.25, -0.2) is 19.2 Å². The van der Waals surface area contributed by atoms with E-state index in [1.807, 2.05) is 0 Å². The highest BCUT2D eigenvalue weighted by atomic mass is 16.9. The second-order valence-corrected chi connectivity index (χ2v) is 3.61. The van der Waals surface area contributed by atoms with E-state index in [9.17, 15) is 19.2 Å². The Morgan fingerprint density at radius 2 is 1.16 bits per heavy atom. The van der Waals surface area contributed by atoms with E-state index in [4.69, 9.17) is 18.9 Å². The number of carbonyl (C=O) groups excluding carboxylic acids is 4. The first-order chi connectivity index (χ1) is 8.91. The summed E-state index contributed by atoms with van der Waals surface area (Å²) in [7, 11) is 0. The van der Waals surface area contributed by atoms with Crippen LogP contribution in [-0.2, 0) is 38.1 Å². The van der Waals surface area contributed by atoms with Gasteiger partial charge in [-0.3, -0.25) is 0 Å². The van der Waals surface area contributed by atoms with E-state index in [1.165, 1.54) is 6.92 Å². The quantitative estimate of drug-likeness (QED) is 0.533. The molecule has 0 aromatic heterocycles. The van der Waals surface area contributed by atoms with E-state index in [0.717, 1.165) is 24.3 Å². The molecule has 2 rings (SSSR count). The molecule has 2 aliphatic heterocycles. The number of esters is 4. The molecule has 1 atom stereocenters. The summed E-state index contributed by atoms with van der Waals surface area (Å²) >= 11 is 0. The molecule has 0 bridgehead atoms. The molecule has 0 radical (unpaired) electrons. The lowest BCUT2D eigenvalue weighted by molar-refractivity contribution is -0.355. The summed E-state index contributed by atoms with van der Waals surface area (Å²) in [5.41, 5.74) is 0. The average Bonchev–Trinajstić information content (AvgIpc) is 2.46. The minimum absolute atomic E-state index is 0.760. The van der Waals surface area contributed by atoms with Crippen LogP contribution in [-0.4, -0.2) is 36.0 Å². The van der Waals surface area contributed by atoms with Crippen molar-refractivity contribution in [3.05, 3.63) is 24.3 Å². The Morgan fingerprint density at radius 1 is 0.789 bits per heavy atom. The summed E-state index contributed by atoms with van der Waals surface area (Å²) in [6.07, 6.45) is 1.87. The predicted octanol–water partition coefficient (Wildman–Crippen LogP) is -0.659. The Morgan fingerprint density at radius 3 is 1.58 bits per heavy atom. The van der Waals surface area contributed by atoms with E-state index >= 15 is 0 Å². The predicted molar refractivity (Wildman–Crippen MR) is 54.8 cm³/mol. The normalized spacial score (nSPS) is 27.3. The number of ether oxygens (including phenoxy) is 4. The van der Waals surface area contributed by atoms with Crippen LogP contribution >= 0.6 is 0 Å². The van der Waals surface area contributed by atoms with Crippen LogP contribution in [0.4, 0.5) is 0 Å². The number of carbonyl (C=O) groups is 4.